The van der Waals surface area contributed by atoms with Crippen LogP contribution in [0.5, 0.6) is 0 Å². The minimum atomic E-state index is -4.95. The highest BCUT2D eigenvalue weighted by Crippen LogP contribution is 2.45. The molecule has 0 aromatic carbocycles. The Kier molecular flexibility index (Phi) is 66.2. The molecule has 0 aromatic rings. The van der Waals surface area contributed by atoms with Crippen LogP contribution in [0.4, 0.5) is 0 Å². The van der Waals surface area contributed by atoms with E-state index in [1.807, 2.05) is 0 Å². The first-order valence-corrected chi connectivity index (χ1v) is 41.3. The molecule has 2 unspecified atom stereocenters. The molecule has 0 bridgehead atoms. The van der Waals surface area contributed by atoms with Gasteiger partial charge in [-0.25, -0.2) is 9.13 Å². The SMILES string of the molecule is CCCCCCCCCCCCCCCCCCC(=O)O[C@H](COC(=O)CCCCCCCCCCCCCCC)COP(=O)(O)OC[C@@H](O)COP(=O)(O)OC[C@@H](COC(=O)CCCCCCCCCCCC)OC(=O)CCCCCCCCCCCCCCC. The van der Waals surface area contributed by atoms with E-state index in [1.165, 1.54) is 218 Å². The minimum Gasteiger partial charge on any atom is -0.462 e. The highest BCUT2D eigenvalue weighted by Gasteiger charge is 2.30. The van der Waals surface area contributed by atoms with E-state index in [2.05, 4.69) is 27.7 Å². The maximum Gasteiger partial charge on any atom is 0.472 e. The first kappa shape index (κ1) is 90.1. The van der Waals surface area contributed by atoms with Crippen molar-refractivity contribution in [3.8, 4) is 0 Å². The molecule has 0 aliphatic carbocycles. The Morgan fingerprint density at radius 1 is 0.261 bits per heavy atom. The summed E-state index contributed by atoms with van der Waals surface area (Å²) in [6.07, 6.45) is 56.6. The number of esters is 4. The predicted octanol–water partition coefficient (Wildman–Crippen LogP) is 21.4. The first-order chi connectivity index (χ1) is 44.7. The van der Waals surface area contributed by atoms with Gasteiger partial charge in [0.15, 0.2) is 12.2 Å². The highest BCUT2D eigenvalue weighted by atomic mass is 31.2. The molecule has 0 aromatic heterocycles. The number of rotatable bonds is 74. The number of hydrogen-bond donors (Lipinski definition) is 3. The molecule has 546 valence electrons. The van der Waals surface area contributed by atoms with E-state index in [0.717, 1.165) is 89.9 Å². The van der Waals surface area contributed by atoms with E-state index in [1.54, 1.807) is 0 Å². The number of aliphatic hydroxyl groups is 1. The lowest BCUT2D eigenvalue weighted by atomic mass is 10.0. The third-order valence-electron chi connectivity index (χ3n) is 17.1. The number of carbonyl (C=O) groups is 4. The summed E-state index contributed by atoms with van der Waals surface area (Å²) in [6, 6.07) is 0. The second kappa shape index (κ2) is 67.6. The fraction of sp³-hybridized carbons (Fsp3) is 0.945. The summed E-state index contributed by atoms with van der Waals surface area (Å²) >= 11 is 0. The quantitative estimate of drug-likeness (QED) is 0.0222. The van der Waals surface area contributed by atoms with Crippen molar-refractivity contribution in [1.82, 2.24) is 0 Å². The number of phosphoric ester groups is 2. The summed E-state index contributed by atoms with van der Waals surface area (Å²) in [5, 5.41) is 10.6. The smallest absolute Gasteiger partial charge is 0.462 e. The summed E-state index contributed by atoms with van der Waals surface area (Å²) in [5.41, 5.74) is 0. The maximum atomic E-state index is 13.1. The van der Waals surface area contributed by atoms with Crippen LogP contribution in [0.25, 0.3) is 0 Å². The third-order valence-corrected chi connectivity index (χ3v) is 19.0. The fourth-order valence-electron chi connectivity index (χ4n) is 11.2. The molecule has 0 saturated heterocycles. The molecule has 5 atom stereocenters. The van der Waals surface area contributed by atoms with Gasteiger partial charge in [0.25, 0.3) is 0 Å². The molecule has 0 spiro atoms. The number of aliphatic hydroxyl groups excluding tert-OH is 1. The topological polar surface area (TPSA) is 237 Å². The predicted molar refractivity (Wildman–Crippen MR) is 372 cm³/mol. The zero-order chi connectivity index (χ0) is 67.5. The van der Waals surface area contributed by atoms with Crippen molar-refractivity contribution in [2.45, 2.75) is 406 Å². The van der Waals surface area contributed by atoms with E-state index in [0.29, 0.717) is 25.7 Å². The van der Waals surface area contributed by atoms with Gasteiger partial charge in [0.1, 0.15) is 19.3 Å². The van der Waals surface area contributed by atoms with E-state index in [-0.39, 0.29) is 25.7 Å². The Labute approximate surface area is 562 Å². The Morgan fingerprint density at radius 3 is 0.641 bits per heavy atom. The summed E-state index contributed by atoms with van der Waals surface area (Å²) in [7, 11) is -9.90. The molecule has 17 nitrogen and oxygen atoms in total. The van der Waals surface area contributed by atoms with Crippen molar-refractivity contribution in [2.75, 3.05) is 39.6 Å². The summed E-state index contributed by atoms with van der Waals surface area (Å²) in [5.74, 6) is -2.11. The number of ether oxygens (including phenoxy) is 4. The molecular weight excluding hydrogens is 1210 g/mol. The molecule has 0 aliphatic rings. The third kappa shape index (κ3) is 66.7. The van der Waals surface area contributed by atoms with Gasteiger partial charge in [0.05, 0.1) is 26.4 Å². The molecular formula is C73H142O17P2. The summed E-state index contributed by atoms with van der Waals surface area (Å²) in [6.45, 7) is 4.97. The summed E-state index contributed by atoms with van der Waals surface area (Å²) < 4.78 is 68.4. The van der Waals surface area contributed by atoms with Crippen molar-refractivity contribution >= 4 is 39.5 Å². The molecule has 3 N–H and O–H groups in total. The van der Waals surface area contributed by atoms with Crippen molar-refractivity contribution in [3.63, 3.8) is 0 Å². The van der Waals surface area contributed by atoms with Crippen LogP contribution in [-0.2, 0) is 65.4 Å². The largest absolute Gasteiger partial charge is 0.472 e. The average Bonchev–Trinajstić information content (AvgIpc) is 1.99. The monoisotopic (exact) mass is 1350 g/mol. The lowest BCUT2D eigenvalue weighted by Crippen LogP contribution is -2.30. The van der Waals surface area contributed by atoms with Crippen LogP contribution in [0.15, 0.2) is 0 Å². The van der Waals surface area contributed by atoms with Gasteiger partial charge in [-0.1, -0.05) is 336 Å². The zero-order valence-electron chi connectivity index (χ0n) is 59.5. The average molecular weight is 1350 g/mol. The van der Waals surface area contributed by atoms with Crippen LogP contribution in [0.1, 0.15) is 387 Å². The normalized spacial score (nSPS) is 13.9. The van der Waals surface area contributed by atoms with Gasteiger partial charge in [-0.2, -0.15) is 0 Å². The fourth-order valence-corrected chi connectivity index (χ4v) is 12.8. The second-order valence-corrected chi connectivity index (χ2v) is 29.2. The van der Waals surface area contributed by atoms with Crippen LogP contribution in [0.3, 0.4) is 0 Å². The van der Waals surface area contributed by atoms with Gasteiger partial charge in [-0.3, -0.25) is 37.3 Å². The van der Waals surface area contributed by atoms with Crippen molar-refractivity contribution in [2.24, 2.45) is 0 Å². The van der Waals surface area contributed by atoms with Crippen LogP contribution >= 0.6 is 15.6 Å². The number of carbonyl (C=O) groups excluding carboxylic acids is 4. The molecule has 0 saturated carbocycles. The lowest BCUT2D eigenvalue weighted by Gasteiger charge is -2.21. The molecule has 0 heterocycles. The Morgan fingerprint density at radius 2 is 0.435 bits per heavy atom. The molecule has 0 aliphatic heterocycles. The summed E-state index contributed by atoms with van der Waals surface area (Å²) in [4.78, 5) is 72.7. The van der Waals surface area contributed by atoms with Gasteiger partial charge in [0, 0.05) is 25.7 Å². The zero-order valence-corrected chi connectivity index (χ0v) is 61.3. The number of hydrogen-bond acceptors (Lipinski definition) is 15. The minimum absolute atomic E-state index is 0.108. The van der Waals surface area contributed by atoms with Crippen molar-refractivity contribution in [1.29, 1.82) is 0 Å². The van der Waals surface area contributed by atoms with Crippen molar-refractivity contribution in [3.05, 3.63) is 0 Å². The van der Waals surface area contributed by atoms with Crippen LogP contribution in [0.2, 0.25) is 0 Å². The van der Waals surface area contributed by atoms with Crippen LogP contribution < -0.4 is 0 Å². The van der Waals surface area contributed by atoms with Gasteiger partial charge >= 0.3 is 39.5 Å². The molecule has 0 amide bonds. The van der Waals surface area contributed by atoms with E-state index in [4.69, 9.17) is 37.0 Å². The van der Waals surface area contributed by atoms with Crippen LogP contribution in [0, 0.1) is 0 Å². The van der Waals surface area contributed by atoms with Gasteiger partial charge in [0.2, 0.25) is 0 Å². The van der Waals surface area contributed by atoms with E-state index in [9.17, 15) is 43.2 Å². The van der Waals surface area contributed by atoms with Crippen molar-refractivity contribution < 1.29 is 80.2 Å². The van der Waals surface area contributed by atoms with Crippen LogP contribution in [-0.4, -0.2) is 96.7 Å². The van der Waals surface area contributed by atoms with Gasteiger partial charge < -0.3 is 33.8 Å². The number of unbranched alkanes of at least 4 members (excludes halogenated alkanes) is 48. The Balaban J connectivity index is 5.24. The standard InChI is InChI=1S/C73H142O17P2/c1-5-9-13-17-21-25-29-32-33-34-37-40-44-48-52-56-60-73(78)90-69(64-84-71(76)58-54-50-46-42-38-35-30-26-22-18-14-10-6-2)66-88-92(81,82)86-62-67(74)61-85-91(79,80)87-65-68(63-83-70(75)57-53-49-45-41-28-24-20-16-12-8-4)89-72(77)59-55-51-47-43-39-36-31-27-23-19-15-11-7-3/h67-69,74H,5-66H2,1-4H3,(H,79,80)(H,81,82)/t67-,68+,69+/m0/s1. The second-order valence-electron chi connectivity index (χ2n) is 26.3. The first-order valence-electron chi connectivity index (χ1n) is 38.3. The number of phosphoric acid groups is 2. The van der Waals surface area contributed by atoms with Gasteiger partial charge in [-0.05, 0) is 25.7 Å². The van der Waals surface area contributed by atoms with E-state index < -0.39 is 97.5 Å². The maximum absolute atomic E-state index is 13.1. The molecule has 92 heavy (non-hydrogen) atoms. The Bertz CT molecular complexity index is 1760. The molecule has 0 radical (unpaired) electrons. The highest BCUT2D eigenvalue weighted by molar-refractivity contribution is 7.47. The lowest BCUT2D eigenvalue weighted by molar-refractivity contribution is -0.161. The molecule has 19 heteroatoms. The Hall–Kier alpha value is -1.94. The van der Waals surface area contributed by atoms with Gasteiger partial charge in [-0.15, -0.1) is 0 Å². The molecule has 0 fully saturated rings. The molecule has 0 rings (SSSR count). The van der Waals surface area contributed by atoms with E-state index >= 15 is 0 Å².